The largest absolute Gasteiger partial charge is 0.491 e. The number of aryl methyl sites for hydroxylation is 1. The Morgan fingerprint density at radius 3 is 3.23 bits per heavy atom. The fraction of sp³-hybridized carbons (Fsp3) is 0.273. The van der Waals surface area contributed by atoms with Gasteiger partial charge in [-0.1, -0.05) is 12.1 Å². The smallest absolute Gasteiger partial charge is 0.143 e. The lowest BCUT2D eigenvalue weighted by Gasteiger charge is -2.03. The maximum absolute atomic E-state index is 5.66. The summed E-state index contributed by atoms with van der Waals surface area (Å²) in [6.45, 7) is 1.90. The van der Waals surface area contributed by atoms with Gasteiger partial charge in [0.2, 0.25) is 0 Å². The molecule has 2 heterocycles. The van der Waals surface area contributed by atoms with Crippen molar-refractivity contribution in [2.45, 2.75) is 13.0 Å². The Bertz CT molecular complexity index is 444. The summed E-state index contributed by atoms with van der Waals surface area (Å²) in [5.74, 6) is 1.03. The number of para-hydroxylation sites is 1. The van der Waals surface area contributed by atoms with Crippen molar-refractivity contribution in [3.8, 4) is 5.75 Å². The lowest BCUT2D eigenvalue weighted by molar-refractivity contribution is 0.316. The molecule has 0 spiro atoms. The minimum absolute atomic E-state index is 0.834. The molecule has 1 aliphatic heterocycles. The van der Waals surface area contributed by atoms with Gasteiger partial charge < -0.3 is 9.30 Å². The van der Waals surface area contributed by atoms with Gasteiger partial charge in [-0.2, -0.15) is 0 Å². The molecule has 0 bridgehead atoms. The summed E-state index contributed by atoms with van der Waals surface area (Å²) < 4.78 is 7.93. The van der Waals surface area contributed by atoms with E-state index >= 15 is 0 Å². The molecule has 1 aliphatic rings. The van der Waals surface area contributed by atoms with Gasteiger partial charge in [0.1, 0.15) is 5.75 Å². The van der Waals surface area contributed by atoms with Crippen LogP contribution in [0.15, 0.2) is 30.5 Å². The van der Waals surface area contributed by atoms with Crippen LogP contribution in [0.1, 0.15) is 6.42 Å². The number of aromatic nitrogens is 1. The van der Waals surface area contributed by atoms with Crippen molar-refractivity contribution in [1.82, 2.24) is 4.57 Å². The van der Waals surface area contributed by atoms with E-state index < -0.39 is 0 Å². The molecule has 0 unspecified atom stereocenters. The summed E-state index contributed by atoms with van der Waals surface area (Å²) in [5, 5.41) is 1.28. The summed E-state index contributed by atoms with van der Waals surface area (Å²) in [7, 11) is 0. The summed E-state index contributed by atoms with van der Waals surface area (Å²) in [5.41, 5.74) is 1.25. The highest BCUT2D eigenvalue weighted by atomic mass is 16.5. The Morgan fingerprint density at radius 1 is 1.23 bits per heavy atom. The molecule has 0 N–H and O–H groups in total. The second-order valence-corrected chi connectivity index (χ2v) is 3.41. The monoisotopic (exact) mass is 173 g/mol. The molecule has 1 aromatic heterocycles. The fourth-order valence-electron chi connectivity index (χ4n) is 1.95. The Labute approximate surface area is 76.7 Å². The third kappa shape index (κ3) is 0.949. The van der Waals surface area contributed by atoms with Crippen LogP contribution in [0.4, 0.5) is 0 Å². The van der Waals surface area contributed by atoms with Crippen LogP contribution < -0.4 is 4.74 Å². The van der Waals surface area contributed by atoms with Crippen LogP contribution in [-0.4, -0.2) is 11.2 Å². The first-order valence-corrected chi connectivity index (χ1v) is 4.66. The zero-order valence-corrected chi connectivity index (χ0v) is 7.36. The molecule has 0 radical (unpaired) electrons. The highest BCUT2D eigenvalue weighted by molar-refractivity contribution is 5.86. The topological polar surface area (TPSA) is 14.2 Å². The van der Waals surface area contributed by atoms with Gasteiger partial charge in [-0.05, 0) is 18.6 Å². The van der Waals surface area contributed by atoms with E-state index in [1.807, 2.05) is 12.1 Å². The van der Waals surface area contributed by atoms with Gasteiger partial charge in [0.25, 0.3) is 0 Å². The Hall–Kier alpha value is -1.44. The number of nitrogens with zero attached hydrogens (tertiary/aromatic N) is 1. The maximum Gasteiger partial charge on any atom is 0.143 e. The van der Waals surface area contributed by atoms with Gasteiger partial charge in [-0.3, -0.25) is 0 Å². The highest BCUT2D eigenvalue weighted by Gasteiger charge is 2.10. The van der Waals surface area contributed by atoms with Crippen LogP contribution in [0.25, 0.3) is 10.9 Å². The summed E-state index contributed by atoms with van der Waals surface area (Å²) in [6.07, 6.45) is 3.24. The highest BCUT2D eigenvalue weighted by Crippen LogP contribution is 2.28. The average molecular weight is 173 g/mol. The van der Waals surface area contributed by atoms with Crippen molar-refractivity contribution in [1.29, 1.82) is 0 Å². The van der Waals surface area contributed by atoms with E-state index in [1.54, 1.807) is 0 Å². The molecule has 3 rings (SSSR count). The van der Waals surface area contributed by atoms with E-state index in [2.05, 4.69) is 22.9 Å². The quantitative estimate of drug-likeness (QED) is 0.596. The van der Waals surface area contributed by atoms with Crippen molar-refractivity contribution in [3.63, 3.8) is 0 Å². The van der Waals surface area contributed by atoms with Crippen LogP contribution in [0, 0.1) is 0 Å². The number of benzene rings is 1. The Morgan fingerprint density at radius 2 is 2.23 bits per heavy atom. The second kappa shape index (κ2) is 2.52. The van der Waals surface area contributed by atoms with Crippen molar-refractivity contribution < 1.29 is 4.74 Å². The predicted molar refractivity (Wildman–Crippen MR) is 52.1 cm³/mol. The molecule has 2 heteroatoms. The molecule has 0 saturated heterocycles. The van der Waals surface area contributed by atoms with Crippen LogP contribution in [0.5, 0.6) is 5.75 Å². The van der Waals surface area contributed by atoms with Crippen molar-refractivity contribution in [3.05, 3.63) is 30.5 Å². The molecule has 2 aromatic rings. The van der Waals surface area contributed by atoms with Gasteiger partial charge in [0.15, 0.2) is 0 Å². The summed E-state index contributed by atoms with van der Waals surface area (Å²) >= 11 is 0. The van der Waals surface area contributed by atoms with Crippen LogP contribution in [0.2, 0.25) is 0 Å². The first-order valence-electron chi connectivity index (χ1n) is 4.66. The summed E-state index contributed by atoms with van der Waals surface area (Å²) in [4.78, 5) is 0. The van der Waals surface area contributed by atoms with Crippen LogP contribution in [-0.2, 0) is 6.54 Å². The molecule has 0 atom stereocenters. The molecule has 66 valence electrons. The average Bonchev–Trinajstić information content (AvgIpc) is 2.44. The van der Waals surface area contributed by atoms with E-state index in [4.69, 9.17) is 4.74 Å². The predicted octanol–water partition coefficient (Wildman–Crippen LogP) is 2.42. The van der Waals surface area contributed by atoms with Crippen molar-refractivity contribution in [2.75, 3.05) is 6.61 Å². The Kier molecular flexibility index (Phi) is 1.36. The molecule has 0 aliphatic carbocycles. The van der Waals surface area contributed by atoms with E-state index in [1.165, 1.54) is 10.9 Å². The first kappa shape index (κ1) is 7.01. The fourth-order valence-corrected chi connectivity index (χ4v) is 1.95. The number of hydrogen-bond donors (Lipinski definition) is 0. The standard InChI is InChI=1S/C11H11NO/c1-3-9-5-7-12-6-2-8-13-10(4-1)11(9)12/h1,3-5,7H,2,6,8H2. The molecule has 2 nitrogen and oxygen atoms in total. The molecular formula is C11H11NO. The minimum atomic E-state index is 0.834. The van der Waals surface area contributed by atoms with E-state index in [0.29, 0.717) is 0 Å². The van der Waals surface area contributed by atoms with Gasteiger partial charge >= 0.3 is 0 Å². The third-order valence-corrected chi connectivity index (χ3v) is 2.55. The zero-order chi connectivity index (χ0) is 8.67. The van der Waals surface area contributed by atoms with Crippen LogP contribution in [0.3, 0.4) is 0 Å². The van der Waals surface area contributed by atoms with E-state index in [0.717, 1.165) is 25.3 Å². The van der Waals surface area contributed by atoms with Gasteiger partial charge in [0.05, 0.1) is 12.1 Å². The molecule has 0 fully saturated rings. The van der Waals surface area contributed by atoms with Gasteiger partial charge in [0, 0.05) is 18.1 Å². The van der Waals surface area contributed by atoms with Crippen LogP contribution >= 0.6 is 0 Å². The second-order valence-electron chi connectivity index (χ2n) is 3.41. The van der Waals surface area contributed by atoms with Crippen molar-refractivity contribution >= 4 is 10.9 Å². The number of rotatable bonds is 0. The molecule has 0 amide bonds. The van der Waals surface area contributed by atoms with Gasteiger partial charge in [-0.25, -0.2) is 0 Å². The molecule has 0 saturated carbocycles. The Balaban J connectivity index is 2.40. The SMILES string of the molecule is c1cc2c3c(c1)ccn3CCCO2. The zero-order valence-electron chi connectivity index (χ0n) is 7.36. The minimum Gasteiger partial charge on any atom is -0.491 e. The van der Waals surface area contributed by atoms with E-state index in [-0.39, 0.29) is 0 Å². The number of ether oxygens (including phenoxy) is 1. The maximum atomic E-state index is 5.66. The lowest BCUT2D eigenvalue weighted by atomic mass is 10.2. The third-order valence-electron chi connectivity index (χ3n) is 2.55. The van der Waals surface area contributed by atoms with Gasteiger partial charge in [-0.15, -0.1) is 0 Å². The number of hydrogen-bond acceptors (Lipinski definition) is 1. The molecule has 1 aromatic carbocycles. The summed E-state index contributed by atoms with van der Waals surface area (Å²) in [6, 6.07) is 8.37. The first-order chi connectivity index (χ1) is 6.45. The lowest BCUT2D eigenvalue weighted by Crippen LogP contribution is -1.97. The molecule has 13 heavy (non-hydrogen) atoms. The van der Waals surface area contributed by atoms with E-state index in [9.17, 15) is 0 Å². The molecular weight excluding hydrogens is 162 g/mol. The van der Waals surface area contributed by atoms with Crippen molar-refractivity contribution in [2.24, 2.45) is 0 Å². The normalized spacial score (nSPS) is 15.4.